The summed E-state index contributed by atoms with van der Waals surface area (Å²) >= 11 is 15.5. The Balaban J connectivity index is 2.59. The number of benzene rings is 1. The minimum absolute atomic E-state index is 0.318. The van der Waals surface area contributed by atoms with Crippen molar-refractivity contribution in [1.29, 1.82) is 0 Å². The third kappa shape index (κ3) is 3.00. The number of methoxy groups -OCH3 is 1. The summed E-state index contributed by atoms with van der Waals surface area (Å²) in [5.41, 5.74) is 7.13. The lowest BCUT2D eigenvalue weighted by molar-refractivity contribution is 0.181. The molecule has 0 aliphatic rings. The number of hydrogen-bond acceptors (Lipinski definition) is 4. The second-order valence-electron chi connectivity index (χ2n) is 3.73. The van der Waals surface area contributed by atoms with E-state index in [9.17, 15) is 0 Å². The summed E-state index contributed by atoms with van der Waals surface area (Å²) in [7, 11) is 1.58. The van der Waals surface area contributed by atoms with Gasteiger partial charge in [0.05, 0.1) is 26.8 Å². The van der Waals surface area contributed by atoms with Crippen LogP contribution < -0.4 is 5.73 Å². The average Bonchev–Trinajstić information content (AvgIpc) is 2.38. The van der Waals surface area contributed by atoms with E-state index in [4.69, 9.17) is 33.7 Å². The summed E-state index contributed by atoms with van der Waals surface area (Å²) < 4.78 is 5.70. The monoisotopic (exact) mass is 361 g/mol. The van der Waals surface area contributed by atoms with Crippen LogP contribution in [0.2, 0.25) is 10.0 Å². The number of halogens is 3. The van der Waals surface area contributed by atoms with Gasteiger partial charge in [0.1, 0.15) is 5.82 Å². The molecule has 0 aliphatic heterocycles. The third-order valence-corrected chi connectivity index (χ3v) is 4.10. The highest BCUT2D eigenvalue weighted by molar-refractivity contribution is 9.10. The van der Waals surface area contributed by atoms with E-state index in [-0.39, 0.29) is 0 Å². The lowest BCUT2D eigenvalue weighted by atomic mass is 10.2. The van der Waals surface area contributed by atoms with Crippen molar-refractivity contribution in [2.24, 2.45) is 0 Å². The fraction of sp³-hybridized carbons (Fsp3) is 0.167. The first kappa shape index (κ1) is 14.5. The largest absolute Gasteiger partial charge is 0.383 e. The highest BCUT2D eigenvalue weighted by Crippen LogP contribution is 2.33. The molecular formula is C12H10BrCl2N3O. The van der Waals surface area contributed by atoms with E-state index in [1.807, 2.05) is 0 Å². The summed E-state index contributed by atoms with van der Waals surface area (Å²) in [5, 5.41) is 0.840. The number of ether oxygens (including phenoxy) is 1. The Kier molecular flexibility index (Phi) is 4.62. The summed E-state index contributed by atoms with van der Waals surface area (Å²) in [5.74, 6) is 0.744. The Bertz CT molecular complexity index is 622. The van der Waals surface area contributed by atoms with Gasteiger partial charge in [-0.05, 0) is 28.1 Å². The van der Waals surface area contributed by atoms with Gasteiger partial charge in [0.15, 0.2) is 5.82 Å². The molecule has 2 N–H and O–H groups in total. The van der Waals surface area contributed by atoms with Crippen molar-refractivity contribution in [3.63, 3.8) is 0 Å². The van der Waals surface area contributed by atoms with Crippen molar-refractivity contribution in [3.8, 4) is 11.4 Å². The number of nitrogens with two attached hydrogens (primary N) is 1. The fourth-order valence-electron chi connectivity index (χ4n) is 1.54. The Morgan fingerprint density at radius 3 is 2.74 bits per heavy atom. The van der Waals surface area contributed by atoms with Crippen LogP contribution in [-0.4, -0.2) is 17.1 Å². The molecule has 2 rings (SSSR count). The molecule has 4 nitrogen and oxygen atoms in total. The number of anilines is 1. The molecule has 1 aromatic heterocycles. The van der Waals surface area contributed by atoms with Gasteiger partial charge in [-0.1, -0.05) is 29.3 Å². The SMILES string of the molecule is COCc1nc(-c2cccc(Cl)c2Cl)nc(N)c1Br. The number of nitrogens with zero attached hydrogens (tertiary/aromatic N) is 2. The standard InChI is InChI=1S/C12H10BrCl2N3O/c1-19-5-8-9(13)11(16)18-12(17-8)6-3-2-4-7(14)10(6)15/h2-4H,5H2,1H3,(H2,16,17,18). The third-order valence-electron chi connectivity index (χ3n) is 2.42. The van der Waals surface area contributed by atoms with Gasteiger partial charge in [0, 0.05) is 12.7 Å². The van der Waals surface area contributed by atoms with Gasteiger partial charge in [-0.2, -0.15) is 0 Å². The maximum Gasteiger partial charge on any atom is 0.163 e. The van der Waals surface area contributed by atoms with Crippen LogP contribution in [0.3, 0.4) is 0 Å². The summed E-state index contributed by atoms with van der Waals surface area (Å²) in [6.45, 7) is 0.318. The Morgan fingerprint density at radius 1 is 1.32 bits per heavy atom. The van der Waals surface area contributed by atoms with Gasteiger partial charge < -0.3 is 10.5 Å². The molecule has 0 saturated heterocycles. The summed E-state index contributed by atoms with van der Waals surface area (Å²) in [4.78, 5) is 8.60. The second-order valence-corrected chi connectivity index (χ2v) is 5.31. The van der Waals surface area contributed by atoms with Crippen LogP contribution in [0.25, 0.3) is 11.4 Å². The van der Waals surface area contributed by atoms with Crippen molar-refractivity contribution in [2.75, 3.05) is 12.8 Å². The van der Waals surface area contributed by atoms with Crippen LogP contribution in [0.15, 0.2) is 22.7 Å². The average molecular weight is 363 g/mol. The first-order valence-corrected chi connectivity index (χ1v) is 6.84. The molecule has 0 spiro atoms. The predicted molar refractivity (Wildman–Crippen MR) is 80.3 cm³/mol. The first-order chi connectivity index (χ1) is 9.04. The normalized spacial score (nSPS) is 10.7. The van der Waals surface area contributed by atoms with Crippen molar-refractivity contribution < 1.29 is 4.74 Å². The molecule has 1 aromatic carbocycles. The Hall–Kier alpha value is -0.880. The zero-order chi connectivity index (χ0) is 14.0. The highest BCUT2D eigenvalue weighted by Gasteiger charge is 2.14. The molecule has 19 heavy (non-hydrogen) atoms. The predicted octanol–water partition coefficient (Wildman–Crippen LogP) is 3.94. The van der Waals surface area contributed by atoms with Gasteiger partial charge in [-0.15, -0.1) is 0 Å². The molecule has 100 valence electrons. The second kappa shape index (κ2) is 6.05. The zero-order valence-corrected chi connectivity index (χ0v) is 13.1. The number of hydrogen-bond donors (Lipinski definition) is 1. The minimum atomic E-state index is 0.318. The van der Waals surface area contributed by atoms with Crippen LogP contribution in [0.5, 0.6) is 0 Å². The summed E-state index contributed by atoms with van der Waals surface area (Å²) in [6.07, 6.45) is 0. The molecule has 2 aromatic rings. The van der Waals surface area contributed by atoms with Gasteiger partial charge >= 0.3 is 0 Å². The van der Waals surface area contributed by atoms with Crippen molar-refractivity contribution in [3.05, 3.63) is 38.4 Å². The highest BCUT2D eigenvalue weighted by atomic mass is 79.9. The van der Waals surface area contributed by atoms with Crippen LogP contribution in [-0.2, 0) is 11.3 Å². The number of aromatic nitrogens is 2. The molecule has 0 bridgehead atoms. The van der Waals surface area contributed by atoms with Gasteiger partial charge in [-0.25, -0.2) is 9.97 Å². The van der Waals surface area contributed by atoms with E-state index in [0.717, 1.165) is 0 Å². The quantitative estimate of drug-likeness (QED) is 0.898. The molecule has 0 atom stereocenters. The molecule has 0 unspecified atom stereocenters. The minimum Gasteiger partial charge on any atom is -0.383 e. The van der Waals surface area contributed by atoms with Gasteiger partial charge in [0.2, 0.25) is 0 Å². The van der Waals surface area contributed by atoms with Gasteiger partial charge in [0.25, 0.3) is 0 Å². The smallest absolute Gasteiger partial charge is 0.163 e. The van der Waals surface area contributed by atoms with Crippen LogP contribution in [0, 0.1) is 0 Å². The van der Waals surface area contributed by atoms with E-state index in [2.05, 4.69) is 25.9 Å². The molecule has 7 heteroatoms. The number of rotatable bonds is 3. The van der Waals surface area contributed by atoms with Crippen molar-refractivity contribution in [1.82, 2.24) is 9.97 Å². The van der Waals surface area contributed by atoms with E-state index < -0.39 is 0 Å². The molecule has 0 saturated carbocycles. The lowest BCUT2D eigenvalue weighted by Gasteiger charge is -2.10. The fourth-order valence-corrected chi connectivity index (χ4v) is 2.22. The van der Waals surface area contributed by atoms with Crippen molar-refractivity contribution in [2.45, 2.75) is 6.61 Å². The topological polar surface area (TPSA) is 61.0 Å². The van der Waals surface area contributed by atoms with Crippen LogP contribution in [0.4, 0.5) is 5.82 Å². The molecule has 1 heterocycles. The molecule has 0 radical (unpaired) electrons. The Morgan fingerprint density at radius 2 is 2.05 bits per heavy atom. The van der Waals surface area contributed by atoms with Crippen molar-refractivity contribution >= 4 is 44.9 Å². The molecule has 0 fully saturated rings. The molecule has 0 amide bonds. The molecular weight excluding hydrogens is 353 g/mol. The van der Waals surface area contributed by atoms with E-state index >= 15 is 0 Å². The number of nitrogen functional groups attached to an aromatic ring is 1. The van der Waals surface area contributed by atoms with Crippen LogP contribution in [0.1, 0.15) is 5.69 Å². The van der Waals surface area contributed by atoms with E-state index in [0.29, 0.717) is 44.0 Å². The van der Waals surface area contributed by atoms with E-state index in [1.54, 1.807) is 25.3 Å². The lowest BCUT2D eigenvalue weighted by Crippen LogP contribution is -2.04. The zero-order valence-electron chi connectivity index (χ0n) is 9.95. The van der Waals surface area contributed by atoms with Crippen LogP contribution >= 0.6 is 39.1 Å². The van der Waals surface area contributed by atoms with Gasteiger partial charge in [-0.3, -0.25) is 0 Å². The summed E-state index contributed by atoms with van der Waals surface area (Å²) in [6, 6.07) is 5.26. The first-order valence-electron chi connectivity index (χ1n) is 5.29. The maximum absolute atomic E-state index is 6.15. The molecule has 0 aliphatic carbocycles. The Labute approximate surface area is 129 Å². The maximum atomic E-state index is 6.15. The van der Waals surface area contributed by atoms with E-state index in [1.165, 1.54) is 0 Å².